The minimum absolute atomic E-state index is 0.00511. The first kappa shape index (κ1) is 38.2. The molecule has 1 aromatic heterocycles. The number of anilines is 1. The van der Waals surface area contributed by atoms with Gasteiger partial charge in [-0.2, -0.15) is 8.78 Å². The van der Waals surface area contributed by atoms with Gasteiger partial charge in [0.05, 0.1) is 31.7 Å². The molecular formula is C33H47F3N6O4. The smallest absolute Gasteiger partial charge is 0.314 e. The molecule has 254 valence electrons. The van der Waals surface area contributed by atoms with Crippen LogP contribution >= 0.6 is 0 Å². The van der Waals surface area contributed by atoms with E-state index in [1.165, 1.54) is 19.4 Å². The number of benzene rings is 1. The van der Waals surface area contributed by atoms with Crippen LogP contribution < -0.4 is 21.5 Å². The Labute approximate surface area is 269 Å². The molecular weight excluding hydrogens is 601 g/mol. The zero-order valence-electron chi connectivity index (χ0n) is 27.8. The first-order valence-electron chi connectivity index (χ1n) is 15.0. The van der Waals surface area contributed by atoms with E-state index in [0.29, 0.717) is 48.3 Å². The van der Waals surface area contributed by atoms with Crippen LogP contribution in [0.2, 0.25) is 0 Å². The summed E-state index contributed by atoms with van der Waals surface area (Å²) in [6.45, 7) is 11.3. The average molecular weight is 649 g/mol. The number of aromatic nitrogens is 2. The van der Waals surface area contributed by atoms with Crippen LogP contribution in [0.5, 0.6) is 5.88 Å². The average Bonchev–Trinajstić information content (AvgIpc) is 3.03. The molecule has 0 radical (unpaired) electrons. The number of halogens is 3. The predicted octanol–water partition coefficient (Wildman–Crippen LogP) is 5.59. The molecule has 13 heteroatoms. The molecule has 2 unspecified atom stereocenters. The van der Waals surface area contributed by atoms with E-state index in [-0.39, 0.29) is 40.9 Å². The zero-order valence-corrected chi connectivity index (χ0v) is 27.8. The van der Waals surface area contributed by atoms with Gasteiger partial charge in [0, 0.05) is 30.6 Å². The summed E-state index contributed by atoms with van der Waals surface area (Å²) >= 11 is 0. The number of allylic oxidation sites excluding steroid dienone is 4. The Balaban J connectivity index is 0.000000812. The molecule has 0 amide bonds. The summed E-state index contributed by atoms with van der Waals surface area (Å²) < 4.78 is 57.5. The maximum absolute atomic E-state index is 16.6. The number of aliphatic hydroxyl groups excluding tert-OH is 2. The minimum atomic E-state index is -3.54. The summed E-state index contributed by atoms with van der Waals surface area (Å²) in [6.07, 6.45) is 2.37. The lowest BCUT2D eigenvalue weighted by Gasteiger charge is -2.39. The molecule has 1 fully saturated rings. The number of rotatable bonds is 10. The van der Waals surface area contributed by atoms with Gasteiger partial charge < -0.3 is 36.5 Å². The lowest BCUT2D eigenvalue weighted by molar-refractivity contribution is 0.0326. The number of alkyl halides is 2. The highest BCUT2D eigenvalue weighted by atomic mass is 19.3. The molecule has 0 bridgehead atoms. The van der Waals surface area contributed by atoms with E-state index in [1.54, 1.807) is 27.9 Å². The van der Waals surface area contributed by atoms with Gasteiger partial charge in [-0.25, -0.2) is 19.4 Å². The van der Waals surface area contributed by atoms with Gasteiger partial charge in [-0.05, 0) is 75.8 Å². The molecule has 46 heavy (non-hydrogen) atoms. The Hall–Kier alpha value is -3.94. The largest absolute Gasteiger partial charge is 0.478 e. The maximum atomic E-state index is 16.6. The van der Waals surface area contributed by atoms with Crippen molar-refractivity contribution in [1.29, 1.82) is 0 Å². The maximum Gasteiger partial charge on any atom is 0.314 e. The normalized spacial score (nSPS) is 19.0. The van der Waals surface area contributed by atoms with Gasteiger partial charge in [-0.1, -0.05) is 25.5 Å². The number of ether oxygens (including phenoxy) is 2. The third kappa shape index (κ3) is 9.08. The summed E-state index contributed by atoms with van der Waals surface area (Å²) in [4.78, 5) is 12.7. The van der Waals surface area contributed by atoms with Crippen LogP contribution in [0.4, 0.5) is 19.0 Å². The molecule has 7 N–H and O–H groups in total. The van der Waals surface area contributed by atoms with Crippen LogP contribution in [0.1, 0.15) is 72.4 Å². The Morgan fingerprint density at radius 2 is 1.83 bits per heavy atom. The van der Waals surface area contributed by atoms with Crippen LogP contribution in [0.25, 0.3) is 11.3 Å². The highest BCUT2D eigenvalue weighted by Gasteiger charge is 2.53. The lowest BCUT2D eigenvalue weighted by Crippen LogP contribution is -2.50. The van der Waals surface area contributed by atoms with E-state index in [4.69, 9.17) is 26.4 Å². The molecule has 10 nitrogen and oxygen atoms in total. The number of aliphatic imine (C=N–C) groups is 1. The number of hydrogen-bond acceptors (Lipinski definition) is 10. The quantitative estimate of drug-likeness (QED) is 0.221. The van der Waals surface area contributed by atoms with Crippen molar-refractivity contribution in [3.8, 4) is 17.1 Å². The highest BCUT2D eigenvalue weighted by molar-refractivity contribution is 6.11. The summed E-state index contributed by atoms with van der Waals surface area (Å²) in [7, 11) is 2.92. The van der Waals surface area contributed by atoms with Gasteiger partial charge in [-0.3, -0.25) is 0 Å². The van der Waals surface area contributed by atoms with Crippen LogP contribution in [0.3, 0.4) is 0 Å². The number of nitrogens with one attached hydrogen (secondary N) is 1. The van der Waals surface area contributed by atoms with Gasteiger partial charge in [-0.15, -0.1) is 0 Å². The van der Waals surface area contributed by atoms with Crippen molar-refractivity contribution in [3.05, 3.63) is 69.6 Å². The number of aliphatic hydroxyl groups is 2. The van der Waals surface area contributed by atoms with Crippen LogP contribution in [-0.2, 0) is 4.74 Å². The highest BCUT2D eigenvalue weighted by Crippen LogP contribution is 2.46. The molecule has 3 rings (SSSR count). The number of methoxy groups -OCH3 is 2. The van der Waals surface area contributed by atoms with E-state index in [2.05, 4.69) is 25.0 Å². The van der Waals surface area contributed by atoms with Gasteiger partial charge in [0.25, 0.3) is 5.88 Å². The summed E-state index contributed by atoms with van der Waals surface area (Å²) in [5.74, 6) is -4.09. The second kappa shape index (κ2) is 17.1. The van der Waals surface area contributed by atoms with Gasteiger partial charge in [0.1, 0.15) is 23.4 Å². The summed E-state index contributed by atoms with van der Waals surface area (Å²) in [5, 5.41) is 20.0. The fourth-order valence-corrected chi connectivity index (χ4v) is 4.54. The van der Waals surface area contributed by atoms with Crippen molar-refractivity contribution in [2.75, 3.05) is 33.2 Å². The Bertz CT molecular complexity index is 1490. The van der Waals surface area contributed by atoms with E-state index in [9.17, 15) is 4.39 Å². The third-order valence-electron chi connectivity index (χ3n) is 7.54. The summed E-state index contributed by atoms with van der Waals surface area (Å²) in [6, 6.07) is 1.99. The zero-order chi connectivity index (χ0) is 34.8. The van der Waals surface area contributed by atoms with Crippen molar-refractivity contribution in [3.63, 3.8) is 0 Å². The fraction of sp³-hybridized carbons (Fsp3) is 0.485. The number of nitrogens with zero attached hydrogens (tertiary/aromatic N) is 3. The number of nitrogens with two attached hydrogens (primary N) is 2. The van der Waals surface area contributed by atoms with Gasteiger partial charge in [0.2, 0.25) is 0 Å². The first-order chi connectivity index (χ1) is 21.7. The fourth-order valence-electron chi connectivity index (χ4n) is 4.54. The van der Waals surface area contributed by atoms with Crippen molar-refractivity contribution in [1.82, 2.24) is 15.3 Å². The molecule has 2 aromatic rings. The topological polar surface area (TPSA) is 161 Å². The SMILES string of the molecule is CCC(C)=C(N)/N=C1\C(=C(C)C)/C(=C(/C)CC)NC(c2ccc(F)cc2-c2cnc(N)c(OC)n2)C1(F)F.COCCC(O)CO. The van der Waals surface area contributed by atoms with Crippen molar-refractivity contribution >= 4 is 11.5 Å². The molecule has 1 aliphatic rings. The van der Waals surface area contributed by atoms with E-state index in [0.717, 1.165) is 17.7 Å². The van der Waals surface area contributed by atoms with E-state index < -0.39 is 29.6 Å². The first-order valence-corrected chi connectivity index (χ1v) is 15.0. The standard InChI is InChI=1S/C28H35F3N6O.C5H12O3/c1-8-15(5)22-21(14(3)4)24(37-25(32)16(6)9-2)28(30,31)23(36-22)18-11-10-17(29)12-19(18)20-13-34-26(33)27(35-20)38-7;1-8-3-2-5(7)4-6/h10-13,23,36H,8-9,32H2,1-7H3,(H2,33,34);5-7H,2-4H2,1H3/b22-15+,25-16?,37-24+;. The van der Waals surface area contributed by atoms with Crippen molar-refractivity contribution in [2.45, 2.75) is 78.9 Å². The Kier molecular flexibility index (Phi) is 14.2. The number of nitrogen functional groups attached to an aromatic ring is 1. The molecule has 1 saturated heterocycles. The third-order valence-corrected chi connectivity index (χ3v) is 7.54. The molecule has 0 aliphatic carbocycles. The summed E-state index contributed by atoms with van der Waals surface area (Å²) in [5.41, 5.74) is 15.0. The minimum Gasteiger partial charge on any atom is -0.478 e. The van der Waals surface area contributed by atoms with Crippen LogP contribution in [-0.4, -0.2) is 65.4 Å². The second-order valence-electron chi connectivity index (χ2n) is 11.1. The molecule has 2 atom stereocenters. The molecule has 0 spiro atoms. The van der Waals surface area contributed by atoms with Gasteiger partial charge >= 0.3 is 5.92 Å². The molecule has 0 saturated carbocycles. The second-order valence-corrected chi connectivity index (χ2v) is 11.1. The number of piperidine rings is 1. The monoisotopic (exact) mass is 648 g/mol. The molecule has 1 aromatic carbocycles. The van der Waals surface area contributed by atoms with Gasteiger partial charge in [0.15, 0.2) is 5.82 Å². The Morgan fingerprint density at radius 3 is 2.37 bits per heavy atom. The molecule has 2 heterocycles. The van der Waals surface area contributed by atoms with Crippen molar-refractivity contribution < 1.29 is 32.9 Å². The van der Waals surface area contributed by atoms with Crippen molar-refractivity contribution in [2.24, 2.45) is 10.7 Å². The Morgan fingerprint density at radius 1 is 1.15 bits per heavy atom. The lowest BCUT2D eigenvalue weighted by atomic mass is 9.82. The molecule has 1 aliphatic heterocycles. The van der Waals surface area contributed by atoms with E-state index >= 15 is 8.78 Å². The van der Waals surface area contributed by atoms with Crippen LogP contribution in [0.15, 0.2) is 63.2 Å². The predicted molar refractivity (Wildman–Crippen MR) is 175 cm³/mol. The van der Waals surface area contributed by atoms with E-state index in [1.807, 2.05) is 20.8 Å². The number of hydrogen-bond donors (Lipinski definition) is 5. The van der Waals surface area contributed by atoms with Crippen LogP contribution in [0, 0.1) is 5.82 Å².